The molecule has 0 spiro atoms. The van der Waals surface area contributed by atoms with E-state index in [2.05, 4.69) is 44.4 Å². The molecular formula is C20H32N4O2. The number of benzene rings is 1. The van der Waals surface area contributed by atoms with Crippen LogP contribution in [0.2, 0.25) is 0 Å². The second-order valence-corrected chi connectivity index (χ2v) is 6.28. The number of guanidine groups is 1. The van der Waals surface area contributed by atoms with Crippen LogP contribution in [0.4, 0.5) is 0 Å². The van der Waals surface area contributed by atoms with Crippen molar-refractivity contribution in [2.45, 2.75) is 19.9 Å². The van der Waals surface area contributed by atoms with Crippen LogP contribution in [0.3, 0.4) is 0 Å². The van der Waals surface area contributed by atoms with E-state index in [9.17, 15) is 0 Å². The van der Waals surface area contributed by atoms with Gasteiger partial charge < -0.3 is 19.7 Å². The van der Waals surface area contributed by atoms with Crippen LogP contribution < -0.4 is 14.8 Å². The molecule has 0 amide bonds. The average molecular weight is 361 g/mol. The summed E-state index contributed by atoms with van der Waals surface area (Å²) < 4.78 is 10.7. The number of allylic oxidation sites excluding steroid dienone is 1. The van der Waals surface area contributed by atoms with Crippen molar-refractivity contribution in [3.05, 3.63) is 35.9 Å². The second-order valence-electron chi connectivity index (χ2n) is 6.28. The molecule has 0 aliphatic carbocycles. The third-order valence-electron chi connectivity index (χ3n) is 4.57. The lowest BCUT2D eigenvalue weighted by molar-refractivity contribution is 0.172. The van der Waals surface area contributed by atoms with Crippen LogP contribution in [-0.2, 0) is 6.54 Å². The minimum absolute atomic E-state index is 0.772. The highest BCUT2D eigenvalue weighted by atomic mass is 16.5. The van der Waals surface area contributed by atoms with E-state index in [0.717, 1.165) is 63.1 Å². The molecule has 1 aliphatic rings. The summed E-state index contributed by atoms with van der Waals surface area (Å²) in [5, 5.41) is 3.44. The Morgan fingerprint density at radius 3 is 2.50 bits per heavy atom. The lowest BCUT2D eigenvalue weighted by atomic mass is 10.1. The van der Waals surface area contributed by atoms with Gasteiger partial charge in [0.1, 0.15) is 0 Å². The molecule has 1 fully saturated rings. The number of rotatable bonds is 7. The normalized spacial score (nSPS) is 16.2. The van der Waals surface area contributed by atoms with Gasteiger partial charge in [-0.1, -0.05) is 18.2 Å². The lowest BCUT2D eigenvalue weighted by Crippen LogP contribution is -2.52. The molecule has 6 heteroatoms. The van der Waals surface area contributed by atoms with Gasteiger partial charge in [0.05, 0.1) is 14.2 Å². The molecule has 1 saturated heterocycles. The largest absolute Gasteiger partial charge is 0.493 e. The van der Waals surface area contributed by atoms with Gasteiger partial charge in [-0.25, -0.2) is 0 Å². The molecule has 144 valence electrons. The Morgan fingerprint density at radius 2 is 1.88 bits per heavy atom. The molecule has 0 atom stereocenters. The number of nitrogens with one attached hydrogen (secondary N) is 1. The number of ether oxygens (including phenoxy) is 2. The van der Waals surface area contributed by atoms with Crippen molar-refractivity contribution in [3.8, 4) is 11.5 Å². The highest BCUT2D eigenvalue weighted by Gasteiger charge is 2.19. The first kappa shape index (κ1) is 20.1. The first-order valence-electron chi connectivity index (χ1n) is 9.21. The zero-order valence-electron chi connectivity index (χ0n) is 16.5. The second kappa shape index (κ2) is 10.7. The van der Waals surface area contributed by atoms with E-state index in [0.29, 0.717) is 0 Å². The molecule has 26 heavy (non-hydrogen) atoms. The van der Waals surface area contributed by atoms with Gasteiger partial charge in [-0.15, -0.1) is 0 Å². The molecule has 0 saturated carbocycles. The Labute approximate surface area is 157 Å². The van der Waals surface area contributed by atoms with Crippen LogP contribution in [0.5, 0.6) is 11.5 Å². The molecule has 2 rings (SSSR count). The average Bonchev–Trinajstić information content (AvgIpc) is 2.69. The van der Waals surface area contributed by atoms with Crippen LogP contribution in [0.15, 0.2) is 35.3 Å². The topological polar surface area (TPSA) is 49.3 Å². The Hall–Kier alpha value is -2.21. The zero-order valence-corrected chi connectivity index (χ0v) is 16.5. The van der Waals surface area contributed by atoms with Gasteiger partial charge in [0.25, 0.3) is 0 Å². The summed E-state index contributed by atoms with van der Waals surface area (Å²) in [6.45, 7) is 7.89. The van der Waals surface area contributed by atoms with Crippen molar-refractivity contribution in [2.75, 3.05) is 54.0 Å². The fraction of sp³-hybridized carbons (Fsp3) is 0.550. The molecule has 0 aromatic heterocycles. The van der Waals surface area contributed by atoms with Crippen LogP contribution in [0, 0.1) is 0 Å². The van der Waals surface area contributed by atoms with E-state index in [4.69, 9.17) is 9.47 Å². The van der Waals surface area contributed by atoms with Crippen LogP contribution in [0.25, 0.3) is 0 Å². The summed E-state index contributed by atoms with van der Waals surface area (Å²) in [4.78, 5) is 9.22. The van der Waals surface area contributed by atoms with Crippen LogP contribution in [0.1, 0.15) is 18.9 Å². The highest BCUT2D eigenvalue weighted by Crippen LogP contribution is 2.28. The smallest absolute Gasteiger partial charge is 0.193 e. The quantitative estimate of drug-likeness (QED) is 0.350. The van der Waals surface area contributed by atoms with Crippen molar-refractivity contribution in [2.24, 2.45) is 4.99 Å². The predicted molar refractivity (Wildman–Crippen MR) is 107 cm³/mol. The van der Waals surface area contributed by atoms with E-state index in [1.165, 1.54) is 5.56 Å². The molecule has 1 aromatic carbocycles. The van der Waals surface area contributed by atoms with Gasteiger partial charge >= 0.3 is 0 Å². The lowest BCUT2D eigenvalue weighted by Gasteiger charge is -2.36. The van der Waals surface area contributed by atoms with E-state index >= 15 is 0 Å². The van der Waals surface area contributed by atoms with Gasteiger partial charge in [-0.2, -0.15) is 0 Å². The molecule has 0 bridgehead atoms. The standard InChI is InChI=1S/C20H32N4O2/c1-5-6-7-10-22-20(21-2)24-13-11-23(12-14-24)16-17-8-9-18(25-3)19(15-17)26-4/h5-6,8-9,15H,7,10-14,16H2,1-4H3,(H,21,22)/b6-5+. The number of piperazine rings is 1. The van der Waals surface area contributed by atoms with E-state index < -0.39 is 0 Å². The highest BCUT2D eigenvalue weighted by molar-refractivity contribution is 5.80. The monoisotopic (exact) mass is 360 g/mol. The third-order valence-corrected chi connectivity index (χ3v) is 4.57. The maximum absolute atomic E-state index is 5.40. The SMILES string of the molecule is C/C=C/CCNC(=NC)N1CCN(Cc2ccc(OC)c(OC)c2)CC1. The minimum Gasteiger partial charge on any atom is -0.493 e. The third kappa shape index (κ3) is 5.66. The molecular weight excluding hydrogens is 328 g/mol. The van der Waals surface area contributed by atoms with Gasteiger partial charge in [0, 0.05) is 46.3 Å². The Morgan fingerprint density at radius 1 is 1.15 bits per heavy atom. The maximum Gasteiger partial charge on any atom is 0.193 e. The molecule has 1 aliphatic heterocycles. The number of hydrogen-bond donors (Lipinski definition) is 1. The fourth-order valence-corrected chi connectivity index (χ4v) is 3.12. The van der Waals surface area contributed by atoms with E-state index in [1.807, 2.05) is 20.0 Å². The molecule has 1 heterocycles. The Balaban J connectivity index is 1.84. The van der Waals surface area contributed by atoms with Gasteiger partial charge in [-0.05, 0) is 31.0 Å². The number of methoxy groups -OCH3 is 2. The molecule has 1 N–H and O–H groups in total. The first-order valence-corrected chi connectivity index (χ1v) is 9.21. The van der Waals surface area contributed by atoms with Crippen molar-refractivity contribution < 1.29 is 9.47 Å². The molecule has 0 unspecified atom stereocenters. The fourth-order valence-electron chi connectivity index (χ4n) is 3.12. The van der Waals surface area contributed by atoms with Crippen molar-refractivity contribution in [3.63, 3.8) is 0 Å². The molecule has 6 nitrogen and oxygen atoms in total. The number of hydrogen-bond acceptors (Lipinski definition) is 4. The van der Waals surface area contributed by atoms with E-state index in [-0.39, 0.29) is 0 Å². The predicted octanol–water partition coefficient (Wildman–Crippen LogP) is 2.36. The maximum atomic E-state index is 5.40. The number of aliphatic imine (C=N–C) groups is 1. The minimum atomic E-state index is 0.772. The Bertz CT molecular complexity index is 608. The van der Waals surface area contributed by atoms with Gasteiger partial charge in [-0.3, -0.25) is 9.89 Å². The summed E-state index contributed by atoms with van der Waals surface area (Å²) in [6, 6.07) is 6.14. The van der Waals surface area contributed by atoms with Gasteiger partial charge in [0.2, 0.25) is 0 Å². The van der Waals surface area contributed by atoms with Gasteiger partial charge in [0.15, 0.2) is 17.5 Å². The summed E-state index contributed by atoms with van der Waals surface area (Å²) in [5.41, 5.74) is 1.24. The summed E-state index contributed by atoms with van der Waals surface area (Å²) >= 11 is 0. The van der Waals surface area contributed by atoms with Crippen LogP contribution in [-0.4, -0.2) is 69.8 Å². The summed E-state index contributed by atoms with van der Waals surface area (Å²) in [7, 11) is 5.19. The Kier molecular flexibility index (Phi) is 8.28. The van der Waals surface area contributed by atoms with Crippen molar-refractivity contribution in [1.82, 2.24) is 15.1 Å². The van der Waals surface area contributed by atoms with Crippen LogP contribution >= 0.6 is 0 Å². The summed E-state index contributed by atoms with van der Waals surface area (Å²) in [5.74, 6) is 2.56. The molecule has 1 aromatic rings. The van der Waals surface area contributed by atoms with Crippen molar-refractivity contribution >= 4 is 5.96 Å². The zero-order chi connectivity index (χ0) is 18.8. The number of nitrogens with zero attached hydrogens (tertiary/aromatic N) is 3. The molecule has 0 radical (unpaired) electrons. The van der Waals surface area contributed by atoms with E-state index in [1.54, 1.807) is 14.2 Å². The first-order chi connectivity index (χ1) is 12.7. The summed E-state index contributed by atoms with van der Waals surface area (Å²) in [6.07, 6.45) is 5.27. The van der Waals surface area contributed by atoms with Crippen molar-refractivity contribution in [1.29, 1.82) is 0 Å².